The van der Waals surface area contributed by atoms with E-state index in [4.69, 9.17) is 0 Å². The number of benzene rings is 2. The van der Waals surface area contributed by atoms with Crippen molar-refractivity contribution >= 4 is 27.9 Å². The first-order chi connectivity index (χ1) is 10.7. The maximum Gasteiger partial charge on any atom is 0.221 e. The third-order valence-electron chi connectivity index (χ3n) is 3.43. The fourth-order valence-electron chi connectivity index (χ4n) is 2.30. The lowest BCUT2D eigenvalue weighted by Gasteiger charge is -2.20. The Morgan fingerprint density at radius 2 is 1.73 bits per heavy atom. The van der Waals surface area contributed by atoms with Crippen molar-refractivity contribution in [3.63, 3.8) is 0 Å². The Bertz CT molecular complexity index is 783. The standard InChI is InChI=1S/C17H17N3OS/c1-12(2)16(22-17(21)13-8-4-3-5-9-13)20-15-11-7-6-10-14(15)18-19-20/h3-12,16H,1-2H3. The molecule has 0 amide bonds. The Balaban J connectivity index is 1.92. The summed E-state index contributed by atoms with van der Waals surface area (Å²) < 4.78 is 1.85. The van der Waals surface area contributed by atoms with Crippen LogP contribution in [-0.4, -0.2) is 20.1 Å². The third kappa shape index (κ3) is 2.90. The second-order valence-corrected chi connectivity index (χ2v) is 6.52. The number of nitrogens with zero attached hydrogens (tertiary/aromatic N) is 3. The first-order valence-electron chi connectivity index (χ1n) is 7.23. The van der Waals surface area contributed by atoms with Crippen LogP contribution in [0.5, 0.6) is 0 Å². The van der Waals surface area contributed by atoms with Crippen LogP contribution in [0.2, 0.25) is 0 Å². The van der Waals surface area contributed by atoms with Gasteiger partial charge in [-0.05, 0) is 18.1 Å². The highest BCUT2D eigenvalue weighted by molar-refractivity contribution is 8.14. The van der Waals surface area contributed by atoms with E-state index < -0.39 is 0 Å². The minimum absolute atomic E-state index is 0.0545. The lowest BCUT2D eigenvalue weighted by molar-refractivity contribution is 0.108. The fraction of sp³-hybridized carbons (Fsp3) is 0.235. The van der Waals surface area contributed by atoms with Crippen LogP contribution in [0.25, 0.3) is 11.0 Å². The van der Waals surface area contributed by atoms with Crippen molar-refractivity contribution in [2.45, 2.75) is 19.2 Å². The molecule has 4 nitrogen and oxygen atoms in total. The number of hydrogen-bond donors (Lipinski definition) is 0. The summed E-state index contributed by atoms with van der Waals surface area (Å²) in [7, 11) is 0. The van der Waals surface area contributed by atoms with Crippen LogP contribution in [-0.2, 0) is 0 Å². The number of para-hydroxylation sites is 1. The zero-order valence-electron chi connectivity index (χ0n) is 12.5. The van der Waals surface area contributed by atoms with Crippen LogP contribution in [0.4, 0.5) is 0 Å². The highest BCUT2D eigenvalue weighted by Crippen LogP contribution is 2.34. The van der Waals surface area contributed by atoms with Gasteiger partial charge < -0.3 is 0 Å². The highest BCUT2D eigenvalue weighted by atomic mass is 32.2. The average molecular weight is 311 g/mol. The minimum Gasteiger partial charge on any atom is -0.281 e. The molecular formula is C17H17N3OS. The van der Waals surface area contributed by atoms with Gasteiger partial charge in [-0.3, -0.25) is 4.79 Å². The molecule has 1 unspecified atom stereocenters. The van der Waals surface area contributed by atoms with Gasteiger partial charge in [0.05, 0.1) is 5.52 Å². The smallest absolute Gasteiger partial charge is 0.221 e. The summed E-state index contributed by atoms with van der Waals surface area (Å²) in [6.07, 6.45) is 0. The Kier molecular flexibility index (Phi) is 4.24. The van der Waals surface area contributed by atoms with Crippen LogP contribution in [0.3, 0.4) is 0 Å². The molecule has 3 rings (SSSR count). The van der Waals surface area contributed by atoms with Crippen molar-refractivity contribution in [1.29, 1.82) is 0 Å². The SMILES string of the molecule is CC(C)C(SC(=O)c1ccccc1)n1nnc2ccccc21. The molecule has 5 heteroatoms. The molecule has 0 aliphatic rings. The molecule has 0 fully saturated rings. The van der Waals surface area contributed by atoms with E-state index in [0.29, 0.717) is 5.56 Å². The molecule has 0 aliphatic heterocycles. The van der Waals surface area contributed by atoms with Crippen LogP contribution >= 0.6 is 11.8 Å². The van der Waals surface area contributed by atoms with Gasteiger partial charge in [0, 0.05) is 5.56 Å². The summed E-state index contributed by atoms with van der Waals surface area (Å²) in [4.78, 5) is 12.5. The van der Waals surface area contributed by atoms with Crippen molar-refractivity contribution in [2.24, 2.45) is 5.92 Å². The molecule has 0 saturated heterocycles. The number of hydrogen-bond acceptors (Lipinski definition) is 4. The number of aromatic nitrogens is 3. The second-order valence-electron chi connectivity index (χ2n) is 5.43. The van der Waals surface area contributed by atoms with E-state index in [0.717, 1.165) is 11.0 Å². The molecule has 0 bridgehead atoms. The molecule has 0 N–H and O–H groups in total. The van der Waals surface area contributed by atoms with Crippen LogP contribution in [0.1, 0.15) is 29.6 Å². The maximum atomic E-state index is 12.5. The van der Waals surface area contributed by atoms with Gasteiger partial charge in [-0.2, -0.15) is 0 Å². The van der Waals surface area contributed by atoms with Gasteiger partial charge in [-0.25, -0.2) is 4.68 Å². The van der Waals surface area contributed by atoms with Gasteiger partial charge >= 0.3 is 0 Å². The van der Waals surface area contributed by atoms with E-state index >= 15 is 0 Å². The summed E-state index contributed by atoms with van der Waals surface area (Å²) in [5.74, 6) is 0.253. The predicted octanol–water partition coefficient (Wildman–Crippen LogP) is 4.16. The highest BCUT2D eigenvalue weighted by Gasteiger charge is 2.23. The van der Waals surface area contributed by atoms with E-state index in [1.807, 2.05) is 59.3 Å². The molecular weight excluding hydrogens is 294 g/mol. The van der Waals surface area contributed by atoms with Gasteiger partial charge in [0.1, 0.15) is 10.9 Å². The predicted molar refractivity (Wildman–Crippen MR) is 89.8 cm³/mol. The largest absolute Gasteiger partial charge is 0.281 e. The number of thioether (sulfide) groups is 1. The fourth-order valence-corrected chi connectivity index (χ4v) is 3.31. The first-order valence-corrected chi connectivity index (χ1v) is 8.11. The zero-order chi connectivity index (χ0) is 15.5. The lowest BCUT2D eigenvalue weighted by atomic mass is 10.2. The first kappa shape index (κ1) is 14.8. The van der Waals surface area contributed by atoms with E-state index in [-0.39, 0.29) is 16.4 Å². The van der Waals surface area contributed by atoms with Gasteiger partial charge in [0.25, 0.3) is 0 Å². The third-order valence-corrected chi connectivity index (χ3v) is 4.86. The Morgan fingerprint density at radius 1 is 1.05 bits per heavy atom. The van der Waals surface area contributed by atoms with Crippen LogP contribution in [0, 0.1) is 5.92 Å². The van der Waals surface area contributed by atoms with Crippen molar-refractivity contribution in [3.05, 3.63) is 60.2 Å². The molecule has 1 atom stereocenters. The molecule has 22 heavy (non-hydrogen) atoms. The van der Waals surface area contributed by atoms with Crippen molar-refractivity contribution in [2.75, 3.05) is 0 Å². The average Bonchev–Trinajstić information content (AvgIpc) is 2.96. The number of carbonyl (C=O) groups excluding carboxylic acids is 1. The summed E-state index contributed by atoms with van der Waals surface area (Å²) in [6.45, 7) is 4.18. The normalized spacial score (nSPS) is 12.7. The molecule has 2 aromatic carbocycles. The van der Waals surface area contributed by atoms with Gasteiger partial charge in [-0.1, -0.05) is 73.3 Å². The minimum atomic E-state index is -0.0832. The molecule has 3 aromatic rings. The Labute approximate surface area is 133 Å². The molecule has 1 aromatic heterocycles. The Hall–Kier alpha value is -2.14. The summed E-state index contributed by atoms with van der Waals surface area (Å²) in [5, 5.41) is 8.42. The maximum absolute atomic E-state index is 12.5. The molecule has 0 radical (unpaired) electrons. The quantitative estimate of drug-likeness (QED) is 0.726. The molecule has 1 heterocycles. The second kappa shape index (κ2) is 6.32. The molecule has 112 valence electrons. The van der Waals surface area contributed by atoms with E-state index in [2.05, 4.69) is 24.2 Å². The monoisotopic (exact) mass is 311 g/mol. The van der Waals surface area contributed by atoms with Gasteiger partial charge in [0.2, 0.25) is 5.12 Å². The lowest BCUT2D eigenvalue weighted by Crippen LogP contribution is -2.15. The van der Waals surface area contributed by atoms with E-state index in [1.165, 1.54) is 11.8 Å². The van der Waals surface area contributed by atoms with E-state index in [9.17, 15) is 4.79 Å². The number of carbonyl (C=O) groups is 1. The summed E-state index contributed by atoms with van der Waals surface area (Å²) >= 11 is 1.30. The van der Waals surface area contributed by atoms with Crippen LogP contribution in [0.15, 0.2) is 54.6 Å². The zero-order valence-corrected chi connectivity index (χ0v) is 13.3. The molecule has 0 saturated carbocycles. The topological polar surface area (TPSA) is 47.8 Å². The van der Waals surface area contributed by atoms with Crippen LogP contribution < -0.4 is 0 Å². The van der Waals surface area contributed by atoms with Crippen molar-refractivity contribution < 1.29 is 4.79 Å². The molecule has 0 aliphatic carbocycles. The summed E-state index contributed by atoms with van der Waals surface area (Å²) in [5.41, 5.74) is 2.51. The Morgan fingerprint density at radius 3 is 2.45 bits per heavy atom. The van der Waals surface area contributed by atoms with Gasteiger partial charge in [-0.15, -0.1) is 5.10 Å². The van der Waals surface area contributed by atoms with E-state index in [1.54, 1.807) is 0 Å². The van der Waals surface area contributed by atoms with Crippen molar-refractivity contribution in [1.82, 2.24) is 15.0 Å². The molecule has 0 spiro atoms. The van der Waals surface area contributed by atoms with Gasteiger partial charge in [0.15, 0.2) is 0 Å². The number of rotatable bonds is 4. The number of fused-ring (bicyclic) bond motifs is 1. The van der Waals surface area contributed by atoms with Crippen molar-refractivity contribution in [3.8, 4) is 0 Å². The summed E-state index contributed by atoms with van der Waals surface area (Å²) in [6, 6.07) is 17.2.